The summed E-state index contributed by atoms with van der Waals surface area (Å²) < 4.78 is 5.19. The number of hydrogen-bond donors (Lipinski definition) is 1. The van der Waals surface area contributed by atoms with Crippen molar-refractivity contribution in [3.8, 4) is 0 Å². The lowest BCUT2D eigenvalue weighted by Gasteiger charge is -2.29. The highest BCUT2D eigenvalue weighted by Crippen LogP contribution is 2.26. The minimum absolute atomic E-state index is 0.659. The zero-order chi connectivity index (χ0) is 16.1. The number of halogens is 1. The molecular formula is C17H22ClN3O. The van der Waals surface area contributed by atoms with Crippen LogP contribution in [0.1, 0.15) is 38.1 Å². The Bertz CT molecular complexity index is 640. The molecule has 5 heteroatoms. The van der Waals surface area contributed by atoms with Crippen molar-refractivity contribution in [2.24, 2.45) is 0 Å². The van der Waals surface area contributed by atoms with Gasteiger partial charge in [-0.05, 0) is 32.4 Å². The van der Waals surface area contributed by atoms with Gasteiger partial charge in [-0.25, -0.2) is 0 Å². The average molecular weight is 320 g/mol. The standard InChI is InChI=1S/C17H22ClN3O/c1-5-6-9-19-17(14(4)16-10-13(3)22-20-16)21-11-15(18)8-7-12(21)2/h7-8,10-11,19H,2,5-6,9H2,1,3-4H3/b17-14+. The Balaban J connectivity index is 2.37. The SMILES string of the molecule is C=C1C=CC(Cl)=CN1/C(NCCCC)=C(\C)c1cc(C)on1. The van der Waals surface area contributed by atoms with Gasteiger partial charge in [0.25, 0.3) is 0 Å². The Labute approximate surface area is 136 Å². The lowest BCUT2D eigenvalue weighted by Crippen LogP contribution is -2.29. The zero-order valence-corrected chi connectivity index (χ0v) is 14.1. The predicted octanol–water partition coefficient (Wildman–Crippen LogP) is 4.53. The highest BCUT2D eigenvalue weighted by atomic mass is 35.5. The van der Waals surface area contributed by atoms with Gasteiger partial charge in [-0.3, -0.25) is 0 Å². The molecule has 0 fully saturated rings. The van der Waals surface area contributed by atoms with Crippen LogP contribution in [0.4, 0.5) is 0 Å². The van der Waals surface area contributed by atoms with Crippen molar-refractivity contribution in [2.75, 3.05) is 6.54 Å². The third-order valence-corrected chi connectivity index (χ3v) is 3.65. The number of aryl methyl sites for hydroxylation is 1. The predicted molar refractivity (Wildman–Crippen MR) is 90.8 cm³/mol. The molecule has 0 saturated heterocycles. The molecule has 1 aromatic rings. The molecule has 1 aromatic heterocycles. The molecule has 118 valence electrons. The van der Waals surface area contributed by atoms with Crippen LogP contribution in [0.2, 0.25) is 0 Å². The van der Waals surface area contributed by atoms with Crippen molar-refractivity contribution in [1.82, 2.24) is 15.4 Å². The molecule has 0 bridgehead atoms. The summed E-state index contributed by atoms with van der Waals surface area (Å²) >= 11 is 6.14. The molecule has 1 aliphatic heterocycles. The molecular weight excluding hydrogens is 298 g/mol. The van der Waals surface area contributed by atoms with Gasteiger partial charge in [0, 0.05) is 30.1 Å². The first kappa shape index (κ1) is 16.4. The molecule has 0 spiro atoms. The lowest BCUT2D eigenvalue weighted by atomic mass is 10.1. The van der Waals surface area contributed by atoms with Crippen molar-refractivity contribution < 1.29 is 4.52 Å². The van der Waals surface area contributed by atoms with E-state index in [1.165, 1.54) is 0 Å². The molecule has 0 radical (unpaired) electrons. The van der Waals surface area contributed by atoms with Crippen molar-refractivity contribution in [3.05, 3.63) is 59.0 Å². The van der Waals surface area contributed by atoms with Crippen LogP contribution in [0.25, 0.3) is 5.57 Å². The van der Waals surface area contributed by atoms with Gasteiger partial charge >= 0.3 is 0 Å². The Morgan fingerprint density at radius 2 is 2.23 bits per heavy atom. The maximum atomic E-state index is 6.14. The minimum Gasteiger partial charge on any atom is -0.371 e. The average Bonchev–Trinajstić information content (AvgIpc) is 2.93. The number of allylic oxidation sites excluding steroid dienone is 4. The largest absolute Gasteiger partial charge is 0.371 e. The van der Waals surface area contributed by atoms with E-state index in [-0.39, 0.29) is 0 Å². The van der Waals surface area contributed by atoms with E-state index in [1.54, 1.807) is 0 Å². The summed E-state index contributed by atoms with van der Waals surface area (Å²) in [6.07, 6.45) is 7.79. The maximum absolute atomic E-state index is 6.14. The highest BCUT2D eigenvalue weighted by Gasteiger charge is 2.18. The number of aromatic nitrogens is 1. The van der Waals surface area contributed by atoms with Gasteiger partial charge in [-0.1, -0.05) is 36.7 Å². The molecule has 0 saturated carbocycles. The van der Waals surface area contributed by atoms with E-state index >= 15 is 0 Å². The monoisotopic (exact) mass is 319 g/mol. The molecule has 0 atom stereocenters. The molecule has 2 rings (SSSR count). The van der Waals surface area contributed by atoms with Gasteiger partial charge in [0.05, 0.1) is 5.03 Å². The summed E-state index contributed by atoms with van der Waals surface area (Å²) in [5.74, 6) is 1.71. The molecule has 22 heavy (non-hydrogen) atoms. The Morgan fingerprint density at radius 3 is 2.86 bits per heavy atom. The van der Waals surface area contributed by atoms with Crippen LogP contribution in [-0.4, -0.2) is 16.6 Å². The summed E-state index contributed by atoms with van der Waals surface area (Å²) in [6.45, 7) is 11.0. The molecule has 0 amide bonds. The van der Waals surface area contributed by atoms with Crippen LogP contribution in [0.15, 0.2) is 52.1 Å². The fourth-order valence-corrected chi connectivity index (χ4v) is 2.32. The normalized spacial score (nSPS) is 15.7. The molecule has 1 N–H and O–H groups in total. The third-order valence-electron chi connectivity index (χ3n) is 3.43. The van der Waals surface area contributed by atoms with Crippen LogP contribution >= 0.6 is 11.6 Å². The van der Waals surface area contributed by atoms with E-state index in [2.05, 4.69) is 24.0 Å². The van der Waals surface area contributed by atoms with Crippen molar-refractivity contribution in [3.63, 3.8) is 0 Å². The number of hydrogen-bond acceptors (Lipinski definition) is 4. The summed E-state index contributed by atoms with van der Waals surface area (Å²) in [7, 11) is 0. The topological polar surface area (TPSA) is 41.3 Å². The van der Waals surface area contributed by atoms with Crippen molar-refractivity contribution >= 4 is 17.2 Å². The molecule has 0 unspecified atom stereocenters. The summed E-state index contributed by atoms with van der Waals surface area (Å²) in [5.41, 5.74) is 2.65. The van der Waals surface area contributed by atoms with Crippen LogP contribution in [-0.2, 0) is 0 Å². The van der Waals surface area contributed by atoms with E-state index < -0.39 is 0 Å². The van der Waals surface area contributed by atoms with Crippen LogP contribution in [0, 0.1) is 6.92 Å². The second-order valence-electron chi connectivity index (χ2n) is 5.29. The second-order valence-corrected chi connectivity index (χ2v) is 5.72. The summed E-state index contributed by atoms with van der Waals surface area (Å²) in [5, 5.41) is 8.24. The Morgan fingerprint density at radius 1 is 1.45 bits per heavy atom. The number of nitrogens with one attached hydrogen (secondary N) is 1. The second kappa shape index (κ2) is 7.36. The Hall–Kier alpha value is -1.94. The van der Waals surface area contributed by atoms with Crippen molar-refractivity contribution in [1.29, 1.82) is 0 Å². The molecule has 0 aliphatic carbocycles. The van der Waals surface area contributed by atoms with E-state index in [9.17, 15) is 0 Å². The first-order chi connectivity index (χ1) is 10.5. The van der Waals surface area contributed by atoms with E-state index in [0.29, 0.717) is 5.03 Å². The van der Waals surface area contributed by atoms with E-state index in [1.807, 2.05) is 43.2 Å². The molecule has 1 aliphatic rings. The van der Waals surface area contributed by atoms with Gasteiger partial charge in [0.1, 0.15) is 17.3 Å². The lowest BCUT2D eigenvalue weighted by molar-refractivity contribution is 0.395. The van der Waals surface area contributed by atoms with Crippen molar-refractivity contribution in [2.45, 2.75) is 33.6 Å². The first-order valence-electron chi connectivity index (χ1n) is 7.45. The van der Waals surface area contributed by atoms with Crippen LogP contribution in [0.5, 0.6) is 0 Å². The number of rotatable bonds is 6. The molecule has 4 nitrogen and oxygen atoms in total. The quantitative estimate of drug-likeness (QED) is 0.782. The maximum Gasteiger partial charge on any atom is 0.134 e. The molecule has 2 heterocycles. The molecule has 0 aromatic carbocycles. The summed E-state index contributed by atoms with van der Waals surface area (Å²) in [4.78, 5) is 1.96. The van der Waals surface area contributed by atoms with Crippen LogP contribution in [0.3, 0.4) is 0 Å². The van der Waals surface area contributed by atoms with Gasteiger partial charge in [0.15, 0.2) is 0 Å². The number of unbranched alkanes of at least 4 members (excludes halogenated alkanes) is 1. The smallest absolute Gasteiger partial charge is 0.134 e. The fourth-order valence-electron chi connectivity index (χ4n) is 2.16. The Kier molecular flexibility index (Phi) is 5.50. The van der Waals surface area contributed by atoms with Gasteiger partial charge in [-0.15, -0.1) is 0 Å². The van der Waals surface area contributed by atoms with Gasteiger partial charge in [0.2, 0.25) is 0 Å². The van der Waals surface area contributed by atoms with E-state index in [0.717, 1.165) is 47.9 Å². The highest BCUT2D eigenvalue weighted by molar-refractivity contribution is 6.31. The minimum atomic E-state index is 0.659. The van der Waals surface area contributed by atoms with Crippen LogP contribution < -0.4 is 5.32 Å². The van der Waals surface area contributed by atoms with E-state index in [4.69, 9.17) is 16.1 Å². The number of nitrogens with zero attached hydrogens (tertiary/aromatic N) is 2. The van der Waals surface area contributed by atoms with Gasteiger partial charge < -0.3 is 14.7 Å². The zero-order valence-electron chi connectivity index (χ0n) is 13.3. The third kappa shape index (κ3) is 3.83. The first-order valence-corrected chi connectivity index (χ1v) is 7.82. The van der Waals surface area contributed by atoms with Gasteiger partial charge in [-0.2, -0.15) is 0 Å². The summed E-state index contributed by atoms with van der Waals surface area (Å²) in [6, 6.07) is 1.92. The fraction of sp³-hybridized carbons (Fsp3) is 0.353.